The molecule has 1 aromatic heterocycles. The fourth-order valence-corrected chi connectivity index (χ4v) is 2.59. The third-order valence-corrected chi connectivity index (χ3v) is 3.53. The lowest BCUT2D eigenvalue weighted by Gasteiger charge is -2.36. The highest BCUT2D eigenvalue weighted by molar-refractivity contribution is 5.96. The van der Waals surface area contributed by atoms with Crippen LogP contribution in [0.1, 0.15) is 6.42 Å². The van der Waals surface area contributed by atoms with Crippen molar-refractivity contribution in [2.24, 2.45) is 0 Å². The van der Waals surface area contributed by atoms with Gasteiger partial charge in [-0.15, -0.1) is 0 Å². The van der Waals surface area contributed by atoms with Crippen molar-refractivity contribution in [3.63, 3.8) is 0 Å². The summed E-state index contributed by atoms with van der Waals surface area (Å²) in [6.07, 6.45) is 1.33. The molecule has 7 heteroatoms. The summed E-state index contributed by atoms with van der Waals surface area (Å²) in [5.74, 6) is -1.28. The molecule has 0 radical (unpaired) electrons. The first-order chi connectivity index (χ1) is 10.2. The second-order valence-electron chi connectivity index (χ2n) is 4.85. The molecular formula is C14H14N4O3. The molecule has 0 aliphatic carbocycles. The van der Waals surface area contributed by atoms with Gasteiger partial charge in [0.2, 0.25) is 5.91 Å². The van der Waals surface area contributed by atoms with Crippen molar-refractivity contribution in [3.05, 3.63) is 30.5 Å². The highest BCUT2D eigenvalue weighted by Crippen LogP contribution is 2.27. The Bertz CT molecular complexity index is 698. The molecule has 1 fully saturated rings. The third-order valence-electron chi connectivity index (χ3n) is 3.53. The van der Waals surface area contributed by atoms with Gasteiger partial charge in [0.1, 0.15) is 6.04 Å². The molecule has 1 aliphatic heterocycles. The monoisotopic (exact) mass is 286 g/mol. The average Bonchev–Trinajstić information content (AvgIpc) is 2.48. The maximum absolute atomic E-state index is 12.0. The lowest BCUT2D eigenvalue weighted by atomic mass is 10.1. The molecule has 1 aromatic carbocycles. The van der Waals surface area contributed by atoms with Crippen LogP contribution in [0.15, 0.2) is 30.5 Å². The molecule has 108 valence electrons. The number of aliphatic carboxylic acids is 1. The van der Waals surface area contributed by atoms with Crippen LogP contribution in [0.4, 0.5) is 5.69 Å². The van der Waals surface area contributed by atoms with Gasteiger partial charge in [0.25, 0.3) is 0 Å². The molecule has 21 heavy (non-hydrogen) atoms. The van der Waals surface area contributed by atoms with Gasteiger partial charge in [0, 0.05) is 18.5 Å². The fraction of sp³-hybridized carbons (Fsp3) is 0.286. The van der Waals surface area contributed by atoms with E-state index in [1.54, 1.807) is 11.1 Å². The van der Waals surface area contributed by atoms with Gasteiger partial charge in [-0.25, -0.2) is 0 Å². The summed E-state index contributed by atoms with van der Waals surface area (Å²) >= 11 is 0. The van der Waals surface area contributed by atoms with Crippen LogP contribution in [0.25, 0.3) is 10.9 Å². The lowest BCUT2D eigenvalue weighted by Crippen LogP contribution is -2.56. The quantitative estimate of drug-likeness (QED) is 0.848. The van der Waals surface area contributed by atoms with Crippen molar-refractivity contribution in [3.8, 4) is 0 Å². The van der Waals surface area contributed by atoms with Crippen LogP contribution in [0.2, 0.25) is 0 Å². The number of carboxylic acid groups (broad SMARTS) is 1. The van der Waals surface area contributed by atoms with E-state index in [0.717, 1.165) is 16.6 Å². The van der Waals surface area contributed by atoms with Crippen molar-refractivity contribution in [1.82, 2.24) is 15.5 Å². The number of rotatable bonds is 3. The third kappa shape index (κ3) is 2.49. The molecule has 1 unspecified atom stereocenters. The van der Waals surface area contributed by atoms with Gasteiger partial charge in [-0.1, -0.05) is 18.2 Å². The first kappa shape index (κ1) is 13.3. The number of piperazine rings is 1. The topological polar surface area (TPSA) is 95.4 Å². The number of carbonyl (C=O) groups excluding carboxylic acids is 1. The summed E-state index contributed by atoms with van der Waals surface area (Å²) in [7, 11) is 0. The predicted octanol–water partition coefficient (Wildman–Crippen LogP) is 0.409. The number of carboxylic acids is 1. The summed E-state index contributed by atoms with van der Waals surface area (Å²) in [5, 5.41) is 20.6. The highest BCUT2D eigenvalue weighted by atomic mass is 16.4. The Kier molecular flexibility index (Phi) is 3.39. The minimum absolute atomic E-state index is 0.248. The Morgan fingerprint density at radius 1 is 1.43 bits per heavy atom. The van der Waals surface area contributed by atoms with Gasteiger partial charge in [-0.05, 0) is 6.07 Å². The zero-order chi connectivity index (χ0) is 14.8. The van der Waals surface area contributed by atoms with E-state index < -0.39 is 12.0 Å². The number of nitrogens with zero attached hydrogens (tertiary/aromatic N) is 3. The van der Waals surface area contributed by atoms with Crippen LogP contribution in [-0.4, -0.2) is 46.3 Å². The Balaban J connectivity index is 2.06. The summed E-state index contributed by atoms with van der Waals surface area (Å²) < 4.78 is 0. The first-order valence-electron chi connectivity index (χ1n) is 6.63. The van der Waals surface area contributed by atoms with E-state index in [2.05, 4.69) is 15.5 Å². The minimum Gasteiger partial charge on any atom is -0.481 e. The summed E-state index contributed by atoms with van der Waals surface area (Å²) in [6.45, 7) is 1.02. The standard InChI is InChI=1S/C14H14N4O3/c19-13(20)7-11-14(21)15-5-6-18(11)12-8-16-17-10-4-2-1-3-9(10)12/h1-4,8,11H,5-7H2,(H,15,21)(H,19,20). The molecular weight excluding hydrogens is 272 g/mol. The van der Waals surface area contributed by atoms with Crippen molar-refractivity contribution in [2.75, 3.05) is 18.0 Å². The molecule has 7 nitrogen and oxygen atoms in total. The zero-order valence-corrected chi connectivity index (χ0v) is 11.2. The van der Waals surface area contributed by atoms with Crippen molar-refractivity contribution >= 4 is 28.5 Å². The van der Waals surface area contributed by atoms with Gasteiger partial charge in [-0.2, -0.15) is 10.2 Å². The largest absolute Gasteiger partial charge is 0.481 e. The van der Waals surface area contributed by atoms with Crippen LogP contribution in [0.5, 0.6) is 0 Å². The predicted molar refractivity (Wildman–Crippen MR) is 75.9 cm³/mol. The van der Waals surface area contributed by atoms with Crippen LogP contribution < -0.4 is 10.2 Å². The molecule has 0 saturated carbocycles. The minimum atomic E-state index is -1.01. The Labute approximate surface area is 120 Å². The van der Waals surface area contributed by atoms with Crippen LogP contribution in [0.3, 0.4) is 0 Å². The molecule has 0 spiro atoms. The van der Waals surface area contributed by atoms with E-state index >= 15 is 0 Å². The Morgan fingerprint density at radius 2 is 2.24 bits per heavy atom. The van der Waals surface area contributed by atoms with Crippen LogP contribution in [0, 0.1) is 0 Å². The molecule has 2 N–H and O–H groups in total. The second-order valence-corrected chi connectivity index (χ2v) is 4.85. The number of hydrogen-bond donors (Lipinski definition) is 2. The van der Waals surface area contributed by atoms with Gasteiger partial charge < -0.3 is 15.3 Å². The Hall–Kier alpha value is -2.70. The Morgan fingerprint density at radius 3 is 3.05 bits per heavy atom. The van der Waals surface area contributed by atoms with E-state index in [-0.39, 0.29) is 12.3 Å². The molecule has 3 rings (SSSR count). The molecule has 1 aliphatic rings. The number of aromatic nitrogens is 2. The molecule has 1 atom stereocenters. The lowest BCUT2D eigenvalue weighted by molar-refractivity contribution is -0.139. The smallest absolute Gasteiger partial charge is 0.305 e. The molecule has 1 amide bonds. The van der Waals surface area contributed by atoms with Gasteiger partial charge in [0.05, 0.1) is 23.8 Å². The molecule has 2 aromatic rings. The summed E-state index contributed by atoms with van der Waals surface area (Å²) in [4.78, 5) is 24.8. The number of benzene rings is 1. The summed E-state index contributed by atoms with van der Waals surface area (Å²) in [6, 6.07) is 6.73. The normalized spacial score (nSPS) is 18.6. The van der Waals surface area contributed by atoms with Crippen molar-refractivity contribution in [1.29, 1.82) is 0 Å². The van der Waals surface area contributed by atoms with Crippen LogP contribution in [-0.2, 0) is 9.59 Å². The van der Waals surface area contributed by atoms with Gasteiger partial charge in [0.15, 0.2) is 0 Å². The number of amides is 1. The van der Waals surface area contributed by atoms with E-state index in [4.69, 9.17) is 5.11 Å². The van der Waals surface area contributed by atoms with Crippen molar-refractivity contribution < 1.29 is 14.7 Å². The van der Waals surface area contributed by atoms with Crippen LogP contribution >= 0.6 is 0 Å². The van der Waals surface area contributed by atoms with E-state index in [1.165, 1.54) is 0 Å². The number of hydrogen-bond acceptors (Lipinski definition) is 5. The van der Waals surface area contributed by atoms with E-state index in [0.29, 0.717) is 13.1 Å². The maximum Gasteiger partial charge on any atom is 0.305 e. The number of anilines is 1. The number of carbonyl (C=O) groups is 2. The van der Waals surface area contributed by atoms with Gasteiger partial charge in [-0.3, -0.25) is 9.59 Å². The SMILES string of the molecule is O=C(O)CC1C(=O)NCCN1c1cnnc2ccccc12. The zero-order valence-electron chi connectivity index (χ0n) is 11.2. The maximum atomic E-state index is 12.0. The molecule has 1 saturated heterocycles. The molecule has 2 heterocycles. The second kappa shape index (κ2) is 5.35. The van der Waals surface area contributed by atoms with E-state index in [1.807, 2.05) is 24.3 Å². The number of nitrogens with one attached hydrogen (secondary N) is 1. The van der Waals surface area contributed by atoms with E-state index in [9.17, 15) is 9.59 Å². The van der Waals surface area contributed by atoms with Gasteiger partial charge >= 0.3 is 5.97 Å². The fourth-order valence-electron chi connectivity index (χ4n) is 2.59. The average molecular weight is 286 g/mol. The van der Waals surface area contributed by atoms with Crippen molar-refractivity contribution in [2.45, 2.75) is 12.5 Å². The number of fused-ring (bicyclic) bond motifs is 1. The summed E-state index contributed by atoms with van der Waals surface area (Å²) in [5.41, 5.74) is 1.46. The molecule has 0 bridgehead atoms. The first-order valence-corrected chi connectivity index (χ1v) is 6.63. The highest BCUT2D eigenvalue weighted by Gasteiger charge is 2.32.